The molecule has 0 aromatic heterocycles. The van der Waals surface area contributed by atoms with E-state index >= 15 is 4.79 Å². The molecule has 5 aliphatic rings. The normalized spacial score (nSPS) is 28.2. The predicted molar refractivity (Wildman–Crippen MR) is 208 cm³/mol. The second-order valence-electron chi connectivity index (χ2n) is 16.2. The first-order chi connectivity index (χ1) is 26.7. The third-order valence-corrected chi connectivity index (χ3v) is 13.2. The number of imide groups is 2. The van der Waals surface area contributed by atoms with Crippen LogP contribution < -0.4 is 5.43 Å². The maximum absolute atomic E-state index is 15.3. The third kappa shape index (κ3) is 5.62. The van der Waals surface area contributed by atoms with Gasteiger partial charge in [0.25, 0.3) is 11.8 Å². The summed E-state index contributed by atoms with van der Waals surface area (Å²) in [5, 5.41) is 11.8. The largest absolute Gasteiger partial charge is 0.508 e. The van der Waals surface area contributed by atoms with Crippen LogP contribution in [0.5, 0.6) is 5.75 Å². The Balaban J connectivity index is 1.10. The Morgan fingerprint density at radius 3 is 2.16 bits per heavy atom. The zero-order valence-corrected chi connectivity index (χ0v) is 31.2. The lowest BCUT2D eigenvalue weighted by Crippen LogP contribution is -2.53. The highest BCUT2D eigenvalue weighted by Gasteiger charge is 2.70. The first-order valence-electron chi connectivity index (χ1n) is 19.6. The Bertz CT molecular complexity index is 2200. The number of phenolic OH excluding ortho intramolecular Hbond substituents is 1. The van der Waals surface area contributed by atoms with Crippen molar-refractivity contribution in [3.63, 3.8) is 0 Å². The lowest BCUT2D eigenvalue weighted by Gasteiger charge is -2.50. The Labute approximate surface area is 321 Å². The van der Waals surface area contributed by atoms with E-state index in [4.69, 9.17) is 0 Å². The number of aryl methyl sites for hydroxylation is 2. The van der Waals surface area contributed by atoms with Crippen molar-refractivity contribution in [1.82, 2.24) is 14.8 Å². The molecule has 0 unspecified atom stereocenters. The number of nitrogens with zero attached hydrogens (tertiary/aromatic N) is 3. The van der Waals surface area contributed by atoms with Gasteiger partial charge in [0.05, 0.1) is 28.9 Å². The van der Waals surface area contributed by atoms with Gasteiger partial charge in [-0.2, -0.15) is 5.01 Å². The lowest BCUT2D eigenvalue weighted by atomic mass is 9.49. The van der Waals surface area contributed by atoms with E-state index in [1.807, 2.05) is 98.8 Å². The summed E-state index contributed by atoms with van der Waals surface area (Å²) in [5.41, 5.74) is 7.82. The highest BCUT2D eigenvalue weighted by atomic mass is 16.3. The molecular formula is C46H46N4O5. The van der Waals surface area contributed by atoms with Gasteiger partial charge in [0.15, 0.2) is 0 Å². The molecule has 9 heteroatoms. The highest BCUT2D eigenvalue weighted by molar-refractivity contribution is 6.13. The molecule has 2 N–H and O–H groups in total. The average Bonchev–Trinajstić information content (AvgIpc) is 3.58. The Morgan fingerprint density at radius 2 is 1.47 bits per heavy atom. The number of piperidine rings is 1. The summed E-state index contributed by atoms with van der Waals surface area (Å²) < 4.78 is 0. The van der Waals surface area contributed by atoms with Crippen molar-refractivity contribution in [2.24, 2.45) is 23.7 Å². The number of anilines is 1. The van der Waals surface area contributed by atoms with Gasteiger partial charge in [-0.05, 0) is 85.9 Å². The van der Waals surface area contributed by atoms with Gasteiger partial charge in [-0.1, -0.05) is 102 Å². The summed E-state index contributed by atoms with van der Waals surface area (Å²) in [4.78, 5) is 63.3. The number of phenols is 1. The Hall–Kier alpha value is -5.54. The Kier molecular flexibility index (Phi) is 8.72. The van der Waals surface area contributed by atoms with Crippen LogP contribution in [0.15, 0.2) is 115 Å². The molecule has 3 saturated heterocycles. The van der Waals surface area contributed by atoms with Gasteiger partial charge in [0.1, 0.15) is 5.75 Å². The van der Waals surface area contributed by atoms with Crippen molar-refractivity contribution in [2.45, 2.75) is 63.5 Å². The summed E-state index contributed by atoms with van der Waals surface area (Å²) in [6.45, 7) is 6.23. The number of benzene rings is 4. The van der Waals surface area contributed by atoms with Gasteiger partial charge in [-0.15, -0.1) is 0 Å². The van der Waals surface area contributed by atoms with Crippen LogP contribution in [-0.2, 0) is 31.1 Å². The molecular weight excluding hydrogens is 689 g/mol. The van der Waals surface area contributed by atoms with Crippen molar-refractivity contribution in [1.29, 1.82) is 0 Å². The first kappa shape index (κ1) is 35.2. The smallest absolute Gasteiger partial charge is 0.260 e. The van der Waals surface area contributed by atoms with Gasteiger partial charge in [0, 0.05) is 31.6 Å². The average molecular weight is 735 g/mol. The van der Waals surface area contributed by atoms with Gasteiger partial charge in [0.2, 0.25) is 11.8 Å². The number of hydrazine groups is 1. The van der Waals surface area contributed by atoms with Gasteiger partial charge < -0.3 is 5.11 Å². The number of nitrogens with one attached hydrogen (secondary N) is 1. The van der Waals surface area contributed by atoms with Crippen LogP contribution in [-0.4, -0.2) is 62.7 Å². The van der Waals surface area contributed by atoms with Crippen LogP contribution in [0.2, 0.25) is 0 Å². The molecule has 0 radical (unpaired) electrons. The quantitative estimate of drug-likeness (QED) is 0.162. The number of hydrogen-bond donors (Lipinski definition) is 2. The number of rotatable bonds is 7. The molecule has 3 aliphatic heterocycles. The maximum atomic E-state index is 15.3. The molecule has 0 spiro atoms. The van der Waals surface area contributed by atoms with E-state index in [2.05, 4.69) is 28.5 Å². The van der Waals surface area contributed by atoms with Gasteiger partial charge in [-0.25, -0.2) is 0 Å². The minimum absolute atomic E-state index is 0.111. The van der Waals surface area contributed by atoms with Crippen molar-refractivity contribution in [3.8, 4) is 5.75 Å². The molecule has 280 valence electrons. The van der Waals surface area contributed by atoms with E-state index in [0.717, 1.165) is 54.7 Å². The van der Waals surface area contributed by atoms with E-state index in [0.29, 0.717) is 17.7 Å². The molecule has 6 atom stereocenters. The second-order valence-corrected chi connectivity index (χ2v) is 16.2. The monoisotopic (exact) mass is 734 g/mol. The van der Waals surface area contributed by atoms with Crippen molar-refractivity contribution < 1.29 is 24.3 Å². The first-order valence-corrected chi connectivity index (χ1v) is 19.6. The number of amides is 4. The van der Waals surface area contributed by atoms with E-state index in [9.17, 15) is 19.5 Å². The SMILES string of the molecule is Cc1ccc(NN2C(=O)[C@@H]3C[C@@H]4C(=CC[C@@H]5C(=O)N(C6CCN(Cc7ccccc7)CC6)C(=O)[C@@H]54)[C@H](c4ccc(O)c(C)c4)[C@]3(c3ccccc3)C2=O)cc1. The summed E-state index contributed by atoms with van der Waals surface area (Å²) >= 11 is 0. The van der Waals surface area contributed by atoms with Crippen molar-refractivity contribution in [2.75, 3.05) is 18.5 Å². The van der Waals surface area contributed by atoms with Crippen molar-refractivity contribution in [3.05, 3.63) is 143 Å². The second kappa shape index (κ2) is 13.6. The number of carbonyl (C=O) groups excluding carboxylic acids is 4. The molecule has 4 aromatic rings. The van der Waals surface area contributed by atoms with Crippen LogP contribution >= 0.6 is 0 Å². The molecule has 4 amide bonds. The summed E-state index contributed by atoms with van der Waals surface area (Å²) in [6.07, 6.45) is 4.19. The van der Waals surface area contributed by atoms with Crippen LogP contribution in [0.3, 0.4) is 0 Å². The zero-order chi connectivity index (χ0) is 38.0. The fourth-order valence-corrected chi connectivity index (χ4v) is 10.5. The molecule has 4 fully saturated rings. The van der Waals surface area contributed by atoms with Crippen LogP contribution in [0.4, 0.5) is 5.69 Å². The number of hydrogen-bond acceptors (Lipinski definition) is 7. The number of aromatic hydroxyl groups is 1. The number of allylic oxidation sites excluding steroid dienone is 2. The molecule has 55 heavy (non-hydrogen) atoms. The molecule has 9 rings (SSSR count). The maximum Gasteiger partial charge on any atom is 0.260 e. The minimum atomic E-state index is -1.34. The zero-order valence-electron chi connectivity index (χ0n) is 31.2. The molecule has 3 heterocycles. The molecule has 2 aliphatic carbocycles. The van der Waals surface area contributed by atoms with Crippen LogP contribution in [0, 0.1) is 37.5 Å². The van der Waals surface area contributed by atoms with Crippen LogP contribution in [0.25, 0.3) is 0 Å². The predicted octanol–water partition coefficient (Wildman–Crippen LogP) is 6.66. The third-order valence-electron chi connectivity index (χ3n) is 13.2. The lowest BCUT2D eigenvalue weighted by molar-refractivity contribution is -0.144. The van der Waals surface area contributed by atoms with E-state index < -0.39 is 35.0 Å². The van der Waals surface area contributed by atoms with Crippen molar-refractivity contribution >= 4 is 29.3 Å². The molecule has 0 bridgehead atoms. The molecule has 1 saturated carbocycles. The van der Waals surface area contributed by atoms with E-state index in [1.165, 1.54) is 10.6 Å². The fourth-order valence-electron chi connectivity index (χ4n) is 10.5. The molecule has 4 aromatic carbocycles. The summed E-state index contributed by atoms with van der Waals surface area (Å²) in [5.74, 6) is -3.83. The molecule has 9 nitrogen and oxygen atoms in total. The standard InChI is InChI=1S/C46H46N4O5/c1-28-13-16-33(17-14-28)47-50-43(53)38-26-37-35(41(31-15-20-39(51)29(2)25-31)46(38,45(50)55)32-11-7-4-8-12-32)18-19-36-40(37)44(54)49(42(36)52)34-21-23-48(24-22-34)27-30-9-5-3-6-10-30/h3-18,20,25,34,36-38,40-41,47,51H,19,21-24,26-27H2,1-2H3/t36-,37+,38-,40-,41-,46+/m0/s1. The topological polar surface area (TPSA) is 110 Å². The van der Waals surface area contributed by atoms with E-state index in [1.54, 1.807) is 11.0 Å². The highest BCUT2D eigenvalue weighted by Crippen LogP contribution is 2.64. The van der Waals surface area contributed by atoms with E-state index in [-0.39, 0.29) is 41.8 Å². The van der Waals surface area contributed by atoms with Gasteiger partial charge >= 0.3 is 0 Å². The summed E-state index contributed by atoms with van der Waals surface area (Å²) in [7, 11) is 0. The summed E-state index contributed by atoms with van der Waals surface area (Å²) in [6, 6.07) is 32.7. The van der Waals surface area contributed by atoms with Crippen LogP contribution in [0.1, 0.15) is 59.4 Å². The number of likely N-dealkylation sites (tertiary alicyclic amines) is 2. The number of carbonyl (C=O) groups is 4. The Morgan fingerprint density at radius 1 is 0.782 bits per heavy atom. The fraction of sp³-hybridized carbons (Fsp3) is 0.348. The number of fused-ring (bicyclic) bond motifs is 4. The minimum Gasteiger partial charge on any atom is -0.508 e. The van der Waals surface area contributed by atoms with Gasteiger partial charge in [-0.3, -0.25) is 34.4 Å².